The lowest BCUT2D eigenvalue weighted by atomic mass is 9.87. The number of benzene rings is 1. The van der Waals surface area contributed by atoms with E-state index in [4.69, 9.17) is 16.7 Å². The van der Waals surface area contributed by atoms with E-state index in [0.29, 0.717) is 30.8 Å². The van der Waals surface area contributed by atoms with Gasteiger partial charge in [-0.05, 0) is 55.8 Å². The number of nitrogens with two attached hydrogens (primary N) is 1. The van der Waals surface area contributed by atoms with Crippen molar-refractivity contribution in [3.63, 3.8) is 0 Å². The number of alkyl halides is 2. The molecule has 0 bridgehead atoms. The Morgan fingerprint density at radius 1 is 1.44 bits per heavy atom. The Bertz CT molecular complexity index is 833. The van der Waals surface area contributed by atoms with Crippen LogP contribution in [0.2, 0.25) is 5.02 Å². The van der Waals surface area contributed by atoms with Gasteiger partial charge in [-0.3, -0.25) is 14.6 Å². The number of nitrogens with zero attached hydrogens (tertiary/aromatic N) is 2. The summed E-state index contributed by atoms with van der Waals surface area (Å²) >= 11 is 7.39. The molecule has 5 nitrogen and oxygen atoms in total. The number of nitrogens with one attached hydrogen (secondary N) is 1. The second kappa shape index (κ2) is 8.16. The molecule has 9 heteroatoms. The number of carbonyl (C=O) groups excluding carboxylic acids is 1. The Labute approximate surface area is 165 Å². The van der Waals surface area contributed by atoms with Crippen molar-refractivity contribution < 1.29 is 13.6 Å². The molecule has 1 aliphatic carbocycles. The minimum Gasteiger partial charge on any atom is -0.321 e. The monoisotopic (exact) mass is 414 g/mol. The van der Waals surface area contributed by atoms with Crippen LogP contribution in [0.3, 0.4) is 0 Å². The molecule has 0 spiro atoms. The van der Waals surface area contributed by atoms with Crippen LogP contribution in [0.15, 0.2) is 29.2 Å². The summed E-state index contributed by atoms with van der Waals surface area (Å²) in [6, 6.07) is 7.13. The molecule has 1 aromatic heterocycles. The summed E-state index contributed by atoms with van der Waals surface area (Å²) in [5.74, 6) is -2.93. The van der Waals surface area contributed by atoms with Gasteiger partial charge in [0.2, 0.25) is 5.92 Å². The van der Waals surface area contributed by atoms with Gasteiger partial charge in [0.1, 0.15) is 5.69 Å². The SMILES string of the molecule is Cc1nn(CC2CCC(F)(F)CC2)c(C(=O)Nc2cccc(SN)c2)c1Cl. The van der Waals surface area contributed by atoms with Crippen molar-refractivity contribution >= 4 is 35.1 Å². The molecule has 146 valence electrons. The van der Waals surface area contributed by atoms with Gasteiger partial charge in [0.15, 0.2) is 0 Å². The zero-order valence-electron chi connectivity index (χ0n) is 14.8. The van der Waals surface area contributed by atoms with Crippen molar-refractivity contribution in [2.45, 2.75) is 50.0 Å². The van der Waals surface area contributed by atoms with E-state index in [1.807, 2.05) is 6.07 Å². The number of hydrogen-bond donors (Lipinski definition) is 2. The van der Waals surface area contributed by atoms with Crippen LogP contribution in [-0.4, -0.2) is 21.6 Å². The minimum absolute atomic E-state index is 0.0449. The first-order chi connectivity index (χ1) is 12.8. The first-order valence-electron chi connectivity index (χ1n) is 8.68. The molecule has 1 fully saturated rings. The zero-order chi connectivity index (χ0) is 19.6. The molecular weight excluding hydrogens is 394 g/mol. The predicted octanol–water partition coefficient (Wildman–Crippen LogP) is 4.89. The Morgan fingerprint density at radius 2 is 2.15 bits per heavy atom. The first-order valence-corrected chi connectivity index (χ1v) is 9.94. The van der Waals surface area contributed by atoms with Crippen LogP contribution in [0.25, 0.3) is 0 Å². The number of carbonyl (C=O) groups is 1. The molecule has 3 N–H and O–H groups in total. The Morgan fingerprint density at radius 3 is 2.81 bits per heavy atom. The van der Waals surface area contributed by atoms with E-state index in [0.717, 1.165) is 16.8 Å². The maximum absolute atomic E-state index is 13.4. The van der Waals surface area contributed by atoms with E-state index in [-0.39, 0.29) is 35.4 Å². The fourth-order valence-corrected chi connectivity index (χ4v) is 3.85. The van der Waals surface area contributed by atoms with E-state index in [1.165, 1.54) is 0 Å². The molecule has 1 aromatic carbocycles. The van der Waals surface area contributed by atoms with Crippen molar-refractivity contribution in [1.29, 1.82) is 0 Å². The van der Waals surface area contributed by atoms with Crippen LogP contribution in [0.1, 0.15) is 41.9 Å². The quantitative estimate of drug-likeness (QED) is 0.683. The third-order valence-corrected chi connectivity index (χ3v) is 5.74. The van der Waals surface area contributed by atoms with Crippen LogP contribution in [0, 0.1) is 12.8 Å². The molecule has 0 saturated heterocycles. The van der Waals surface area contributed by atoms with Gasteiger partial charge in [0.05, 0.1) is 10.7 Å². The second-order valence-electron chi connectivity index (χ2n) is 6.83. The van der Waals surface area contributed by atoms with Crippen LogP contribution in [0.5, 0.6) is 0 Å². The number of anilines is 1. The molecular formula is C18H21ClF2N4OS. The molecule has 0 aliphatic heterocycles. The highest BCUT2D eigenvalue weighted by atomic mass is 35.5. The molecule has 0 unspecified atom stereocenters. The summed E-state index contributed by atoms with van der Waals surface area (Å²) in [5, 5.41) is 13.0. The van der Waals surface area contributed by atoms with Crippen molar-refractivity contribution in [3.8, 4) is 0 Å². The molecule has 0 radical (unpaired) electrons. The zero-order valence-corrected chi connectivity index (χ0v) is 16.4. The molecule has 1 aliphatic rings. The van der Waals surface area contributed by atoms with Gasteiger partial charge >= 0.3 is 0 Å². The van der Waals surface area contributed by atoms with Gasteiger partial charge in [-0.15, -0.1) is 0 Å². The van der Waals surface area contributed by atoms with Crippen LogP contribution >= 0.6 is 23.5 Å². The minimum atomic E-state index is -2.58. The maximum atomic E-state index is 13.4. The van der Waals surface area contributed by atoms with E-state index in [9.17, 15) is 13.6 Å². The number of aryl methyl sites for hydroxylation is 1. The highest BCUT2D eigenvalue weighted by Crippen LogP contribution is 2.37. The molecule has 3 rings (SSSR count). The molecule has 2 aromatic rings. The number of rotatable bonds is 5. The fraction of sp³-hybridized carbons (Fsp3) is 0.444. The second-order valence-corrected chi connectivity index (χ2v) is 7.91. The summed E-state index contributed by atoms with van der Waals surface area (Å²) in [6.45, 7) is 2.11. The molecule has 27 heavy (non-hydrogen) atoms. The summed E-state index contributed by atoms with van der Waals surface area (Å²) in [7, 11) is 0. The van der Waals surface area contributed by atoms with Crippen LogP contribution in [-0.2, 0) is 6.54 Å². The largest absolute Gasteiger partial charge is 0.321 e. The fourth-order valence-electron chi connectivity index (χ4n) is 3.27. The smallest absolute Gasteiger partial charge is 0.275 e. The summed E-state index contributed by atoms with van der Waals surface area (Å²) in [6.07, 6.45) is 0.550. The third kappa shape index (κ3) is 4.80. The number of hydrogen-bond acceptors (Lipinski definition) is 4. The standard InChI is InChI=1S/C18H21ClF2N4OS/c1-11-15(19)16(17(26)23-13-3-2-4-14(9-13)27-22)25(24-11)10-12-5-7-18(20,21)8-6-12/h2-4,9,12H,5-8,10,22H2,1H3,(H,23,26). The number of halogens is 3. The maximum Gasteiger partial charge on any atom is 0.275 e. The number of aromatic nitrogens is 2. The van der Waals surface area contributed by atoms with E-state index >= 15 is 0 Å². The third-order valence-electron chi connectivity index (χ3n) is 4.77. The van der Waals surface area contributed by atoms with Gasteiger partial charge in [-0.25, -0.2) is 8.78 Å². The average molecular weight is 415 g/mol. The van der Waals surface area contributed by atoms with E-state index in [2.05, 4.69) is 10.4 Å². The van der Waals surface area contributed by atoms with Crippen LogP contribution < -0.4 is 10.5 Å². The average Bonchev–Trinajstić information content (AvgIpc) is 2.91. The lowest BCUT2D eigenvalue weighted by molar-refractivity contribution is -0.0477. The lowest BCUT2D eigenvalue weighted by Gasteiger charge is -2.28. The molecule has 1 amide bonds. The molecule has 0 atom stereocenters. The Kier molecular flexibility index (Phi) is 6.08. The lowest BCUT2D eigenvalue weighted by Crippen LogP contribution is -2.28. The Balaban J connectivity index is 1.77. The van der Waals surface area contributed by atoms with Crippen molar-refractivity contribution in [2.24, 2.45) is 11.1 Å². The number of amides is 1. The van der Waals surface area contributed by atoms with Crippen molar-refractivity contribution in [3.05, 3.63) is 40.7 Å². The highest BCUT2D eigenvalue weighted by molar-refractivity contribution is 7.97. The summed E-state index contributed by atoms with van der Waals surface area (Å²) in [5.41, 5.74) is 1.38. The van der Waals surface area contributed by atoms with Crippen molar-refractivity contribution in [1.82, 2.24) is 9.78 Å². The summed E-state index contributed by atoms with van der Waals surface area (Å²) < 4.78 is 28.3. The van der Waals surface area contributed by atoms with E-state index in [1.54, 1.807) is 29.8 Å². The van der Waals surface area contributed by atoms with Gasteiger partial charge in [-0.2, -0.15) is 5.10 Å². The normalized spacial score (nSPS) is 17.1. The first kappa shape index (κ1) is 20.1. The van der Waals surface area contributed by atoms with E-state index < -0.39 is 5.92 Å². The van der Waals surface area contributed by atoms with Gasteiger partial charge in [0.25, 0.3) is 5.91 Å². The topological polar surface area (TPSA) is 72.9 Å². The Hall–Kier alpha value is -1.64. The van der Waals surface area contributed by atoms with Gasteiger partial charge < -0.3 is 5.32 Å². The van der Waals surface area contributed by atoms with Crippen LogP contribution in [0.4, 0.5) is 14.5 Å². The van der Waals surface area contributed by atoms with Gasteiger partial charge in [-0.1, -0.05) is 17.7 Å². The molecule has 1 heterocycles. The highest BCUT2D eigenvalue weighted by Gasteiger charge is 2.35. The van der Waals surface area contributed by atoms with Gasteiger partial charge in [0, 0.05) is 30.0 Å². The molecule has 1 saturated carbocycles. The van der Waals surface area contributed by atoms with Crippen molar-refractivity contribution in [2.75, 3.05) is 5.32 Å². The predicted molar refractivity (Wildman–Crippen MR) is 103 cm³/mol. The summed E-state index contributed by atoms with van der Waals surface area (Å²) in [4.78, 5) is 13.6.